The molecule has 0 spiro atoms. The van der Waals surface area contributed by atoms with Crippen molar-refractivity contribution < 1.29 is 19.1 Å². The van der Waals surface area contributed by atoms with Gasteiger partial charge in [0.2, 0.25) is 5.78 Å². The Morgan fingerprint density at radius 1 is 0.885 bits per heavy atom. The maximum Gasteiger partial charge on any atom is 0.312 e. The molecule has 2 aromatic rings. The molecular formula is C22H18O4. The van der Waals surface area contributed by atoms with Crippen molar-refractivity contribution in [2.24, 2.45) is 0 Å². The van der Waals surface area contributed by atoms with Crippen LogP contribution in [0, 0.1) is 0 Å². The van der Waals surface area contributed by atoms with E-state index in [9.17, 15) is 14.4 Å². The van der Waals surface area contributed by atoms with Crippen LogP contribution in [-0.4, -0.2) is 17.5 Å². The summed E-state index contributed by atoms with van der Waals surface area (Å²) in [5.74, 6) is -1.30. The summed E-state index contributed by atoms with van der Waals surface area (Å²) >= 11 is 0. The van der Waals surface area contributed by atoms with Crippen LogP contribution in [0.15, 0.2) is 59.9 Å². The number of hydrogen-bond donors (Lipinski definition) is 0. The standard InChI is InChI=1S/C22H18O4/c1-12(2)13-7-9-14(10-8-13)17-11-18(23)26-22-19(17)20(24)15-5-3-4-6-16(15)21(22)25/h3-10,12,17H,11H2,1-2H3. The first-order valence-electron chi connectivity index (χ1n) is 8.70. The summed E-state index contributed by atoms with van der Waals surface area (Å²) in [6.45, 7) is 4.21. The second-order valence-electron chi connectivity index (χ2n) is 7.00. The second-order valence-corrected chi connectivity index (χ2v) is 7.00. The van der Waals surface area contributed by atoms with Gasteiger partial charge in [0.15, 0.2) is 11.5 Å². The van der Waals surface area contributed by atoms with Crippen LogP contribution in [0.1, 0.15) is 63.9 Å². The summed E-state index contributed by atoms with van der Waals surface area (Å²) in [5, 5.41) is 0. The van der Waals surface area contributed by atoms with Crippen LogP contribution in [0.3, 0.4) is 0 Å². The number of hydrogen-bond acceptors (Lipinski definition) is 4. The number of carbonyl (C=O) groups excluding carboxylic acids is 3. The number of rotatable bonds is 2. The minimum Gasteiger partial charge on any atom is -0.422 e. The first kappa shape index (κ1) is 16.5. The Bertz CT molecular complexity index is 964. The fourth-order valence-corrected chi connectivity index (χ4v) is 3.61. The van der Waals surface area contributed by atoms with Gasteiger partial charge in [0.25, 0.3) is 0 Å². The first-order chi connectivity index (χ1) is 12.5. The smallest absolute Gasteiger partial charge is 0.312 e. The van der Waals surface area contributed by atoms with Gasteiger partial charge in [-0.3, -0.25) is 14.4 Å². The van der Waals surface area contributed by atoms with Crippen molar-refractivity contribution in [1.29, 1.82) is 0 Å². The molecule has 0 amide bonds. The quantitative estimate of drug-likeness (QED) is 0.766. The molecule has 2 aromatic carbocycles. The number of allylic oxidation sites excluding steroid dienone is 2. The van der Waals surface area contributed by atoms with Crippen molar-refractivity contribution in [3.05, 3.63) is 82.1 Å². The topological polar surface area (TPSA) is 60.4 Å². The predicted molar refractivity (Wildman–Crippen MR) is 96.1 cm³/mol. The molecular weight excluding hydrogens is 328 g/mol. The average Bonchev–Trinajstić information content (AvgIpc) is 2.65. The van der Waals surface area contributed by atoms with Gasteiger partial charge in [-0.25, -0.2) is 0 Å². The Balaban J connectivity index is 1.84. The maximum atomic E-state index is 13.1. The maximum absolute atomic E-state index is 13.1. The van der Waals surface area contributed by atoms with Crippen molar-refractivity contribution in [1.82, 2.24) is 0 Å². The van der Waals surface area contributed by atoms with E-state index in [1.807, 2.05) is 24.3 Å². The summed E-state index contributed by atoms with van der Waals surface area (Å²) < 4.78 is 5.21. The molecule has 0 saturated carbocycles. The van der Waals surface area contributed by atoms with E-state index < -0.39 is 17.7 Å². The summed E-state index contributed by atoms with van der Waals surface area (Å²) in [6, 6.07) is 14.5. The van der Waals surface area contributed by atoms with Gasteiger partial charge < -0.3 is 4.74 Å². The molecule has 1 unspecified atom stereocenters. The van der Waals surface area contributed by atoms with Gasteiger partial charge in [-0.05, 0) is 17.0 Å². The molecule has 0 aromatic heterocycles. The van der Waals surface area contributed by atoms with E-state index in [1.165, 1.54) is 5.56 Å². The molecule has 0 N–H and O–H groups in total. The molecule has 26 heavy (non-hydrogen) atoms. The van der Waals surface area contributed by atoms with Crippen LogP contribution >= 0.6 is 0 Å². The number of benzene rings is 2. The van der Waals surface area contributed by atoms with Crippen LogP contribution in [0.2, 0.25) is 0 Å². The zero-order valence-corrected chi connectivity index (χ0v) is 14.6. The highest BCUT2D eigenvalue weighted by Crippen LogP contribution is 2.41. The zero-order chi connectivity index (χ0) is 18.4. The van der Waals surface area contributed by atoms with Gasteiger partial charge in [-0.2, -0.15) is 0 Å². The van der Waals surface area contributed by atoms with Crippen molar-refractivity contribution in [3.8, 4) is 0 Å². The van der Waals surface area contributed by atoms with E-state index in [4.69, 9.17) is 4.74 Å². The van der Waals surface area contributed by atoms with Gasteiger partial charge >= 0.3 is 5.97 Å². The van der Waals surface area contributed by atoms with Crippen LogP contribution in [0.25, 0.3) is 0 Å². The van der Waals surface area contributed by atoms with E-state index in [0.717, 1.165) is 5.56 Å². The molecule has 1 heterocycles. The van der Waals surface area contributed by atoms with Gasteiger partial charge in [-0.1, -0.05) is 62.4 Å². The SMILES string of the molecule is CC(C)c1ccc(C2CC(=O)OC3=C2C(=O)c2ccccc2C3=O)cc1. The largest absolute Gasteiger partial charge is 0.422 e. The second kappa shape index (κ2) is 6.06. The van der Waals surface area contributed by atoms with E-state index in [1.54, 1.807) is 24.3 Å². The molecule has 0 fully saturated rings. The molecule has 4 heteroatoms. The molecule has 4 rings (SSSR count). The van der Waals surface area contributed by atoms with E-state index in [-0.39, 0.29) is 18.0 Å². The van der Waals surface area contributed by atoms with Crippen LogP contribution in [0.5, 0.6) is 0 Å². The number of esters is 1. The number of carbonyl (C=O) groups is 3. The highest BCUT2D eigenvalue weighted by molar-refractivity contribution is 6.27. The minimum atomic E-state index is -0.484. The Kier molecular flexibility index (Phi) is 3.83. The first-order valence-corrected chi connectivity index (χ1v) is 8.70. The molecule has 1 aliphatic carbocycles. The highest BCUT2D eigenvalue weighted by atomic mass is 16.5. The number of ether oxygens (including phenoxy) is 1. The predicted octanol–water partition coefficient (Wildman–Crippen LogP) is 4.17. The Morgan fingerprint density at radius 3 is 2.12 bits per heavy atom. The third-order valence-electron chi connectivity index (χ3n) is 5.05. The van der Waals surface area contributed by atoms with E-state index >= 15 is 0 Å². The van der Waals surface area contributed by atoms with Crippen molar-refractivity contribution in [2.75, 3.05) is 0 Å². The molecule has 130 valence electrons. The highest BCUT2D eigenvalue weighted by Gasteiger charge is 2.42. The fourth-order valence-electron chi connectivity index (χ4n) is 3.61. The average molecular weight is 346 g/mol. The van der Waals surface area contributed by atoms with Gasteiger partial charge in [0.05, 0.1) is 12.0 Å². The van der Waals surface area contributed by atoms with Crippen LogP contribution in [-0.2, 0) is 9.53 Å². The monoisotopic (exact) mass is 346 g/mol. The van der Waals surface area contributed by atoms with Crippen LogP contribution in [0.4, 0.5) is 0 Å². The third-order valence-corrected chi connectivity index (χ3v) is 5.05. The normalized spacial score (nSPS) is 19.3. The van der Waals surface area contributed by atoms with Gasteiger partial charge in [0.1, 0.15) is 0 Å². The molecule has 1 atom stereocenters. The molecule has 0 bridgehead atoms. The summed E-state index contributed by atoms with van der Waals surface area (Å²) in [5.41, 5.74) is 2.99. The number of ketones is 2. The van der Waals surface area contributed by atoms with Crippen LogP contribution < -0.4 is 0 Å². The van der Waals surface area contributed by atoms with Gasteiger partial charge in [0, 0.05) is 17.0 Å². The molecule has 2 aliphatic rings. The summed E-state index contributed by atoms with van der Waals surface area (Å²) in [6.07, 6.45) is 0.0566. The van der Waals surface area contributed by atoms with Crippen molar-refractivity contribution >= 4 is 17.5 Å². The molecule has 0 saturated heterocycles. The lowest BCUT2D eigenvalue weighted by Gasteiger charge is -2.30. The summed E-state index contributed by atoms with van der Waals surface area (Å²) in [4.78, 5) is 38.0. The lowest BCUT2D eigenvalue weighted by atomic mass is 9.76. The molecule has 0 radical (unpaired) electrons. The Hall–Kier alpha value is -3.01. The summed E-state index contributed by atoms with van der Waals surface area (Å²) in [7, 11) is 0. The number of Topliss-reactive ketones (excluding diaryl/α,β-unsaturated/α-hetero) is 2. The Labute approximate surface area is 151 Å². The molecule has 1 aliphatic heterocycles. The van der Waals surface area contributed by atoms with E-state index in [0.29, 0.717) is 22.6 Å². The number of fused-ring (bicyclic) bond motifs is 1. The zero-order valence-electron chi connectivity index (χ0n) is 14.6. The minimum absolute atomic E-state index is 0.0566. The molecule has 4 nitrogen and oxygen atoms in total. The van der Waals surface area contributed by atoms with Crippen molar-refractivity contribution in [2.45, 2.75) is 32.1 Å². The van der Waals surface area contributed by atoms with Gasteiger partial charge in [-0.15, -0.1) is 0 Å². The fraction of sp³-hybridized carbons (Fsp3) is 0.227. The van der Waals surface area contributed by atoms with Crippen molar-refractivity contribution in [3.63, 3.8) is 0 Å². The lowest BCUT2D eigenvalue weighted by Crippen LogP contribution is -2.32. The van der Waals surface area contributed by atoms with E-state index in [2.05, 4.69) is 13.8 Å². The lowest BCUT2D eigenvalue weighted by molar-refractivity contribution is -0.140. The Morgan fingerprint density at radius 2 is 1.50 bits per heavy atom. The third kappa shape index (κ3) is 2.49.